The topological polar surface area (TPSA) is 32.5 Å². The van der Waals surface area contributed by atoms with Crippen LogP contribution >= 0.6 is 0 Å². The quantitative estimate of drug-likeness (QED) is 0.829. The van der Waals surface area contributed by atoms with E-state index in [1.165, 1.54) is 71.1 Å². The lowest BCUT2D eigenvalue weighted by molar-refractivity contribution is 0.00904. The first kappa shape index (κ1) is 13.8. The molecule has 3 fully saturated rings. The summed E-state index contributed by atoms with van der Waals surface area (Å²) >= 11 is 0. The van der Waals surface area contributed by atoms with Crippen molar-refractivity contribution in [3.05, 3.63) is 0 Å². The standard InChI is InChI=1S/C16H31N3/c1-14-6-2-3-8-16(14,13-17)19-11-5-10-18-9-4-7-15(18)12-19/h14-15H,2-13,17H2,1H3. The van der Waals surface area contributed by atoms with Gasteiger partial charge in [0.25, 0.3) is 0 Å². The third kappa shape index (κ3) is 2.45. The molecule has 1 aliphatic carbocycles. The summed E-state index contributed by atoms with van der Waals surface area (Å²) in [5.74, 6) is 0.777. The van der Waals surface area contributed by atoms with Crippen molar-refractivity contribution in [1.29, 1.82) is 0 Å². The summed E-state index contributed by atoms with van der Waals surface area (Å²) in [5.41, 5.74) is 6.61. The van der Waals surface area contributed by atoms with E-state index in [-0.39, 0.29) is 0 Å². The van der Waals surface area contributed by atoms with E-state index in [0.717, 1.165) is 18.5 Å². The molecule has 0 spiro atoms. The largest absolute Gasteiger partial charge is 0.329 e. The number of nitrogens with zero attached hydrogens (tertiary/aromatic N) is 2. The van der Waals surface area contributed by atoms with Crippen LogP contribution in [-0.4, -0.2) is 54.1 Å². The fourth-order valence-electron chi connectivity index (χ4n) is 4.91. The molecular weight excluding hydrogens is 234 g/mol. The molecule has 2 aliphatic heterocycles. The smallest absolute Gasteiger partial charge is 0.0357 e. The summed E-state index contributed by atoms with van der Waals surface area (Å²) in [5, 5.41) is 0. The molecule has 3 rings (SSSR count). The molecule has 3 nitrogen and oxygen atoms in total. The van der Waals surface area contributed by atoms with Gasteiger partial charge in [-0.25, -0.2) is 0 Å². The van der Waals surface area contributed by atoms with Gasteiger partial charge in [-0.2, -0.15) is 0 Å². The minimum absolute atomic E-state index is 0.316. The molecule has 0 aromatic heterocycles. The van der Waals surface area contributed by atoms with Crippen LogP contribution in [0.1, 0.15) is 51.9 Å². The number of nitrogens with two attached hydrogens (primary N) is 1. The zero-order chi connectivity index (χ0) is 13.3. The maximum atomic E-state index is 6.29. The molecule has 0 amide bonds. The first-order valence-corrected chi connectivity index (χ1v) is 8.45. The van der Waals surface area contributed by atoms with Crippen LogP contribution in [0.4, 0.5) is 0 Å². The van der Waals surface area contributed by atoms with E-state index in [9.17, 15) is 0 Å². The van der Waals surface area contributed by atoms with Crippen LogP contribution in [0.15, 0.2) is 0 Å². The summed E-state index contributed by atoms with van der Waals surface area (Å²) in [6.45, 7) is 8.51. The van der Waals surface area contributed by atoms with Gasteiger partial charge in [-0.15, -0.1) is 0 Å². The Bertz CT molecular complexity index is 306. The summed E-state index contributed by atoms with van der Waals surface area (Å²) in [6.07, 6.45) is 9.65. The minimum atomic E-state index is 0.316. The van der Waals surface area contributed by atoms with E-state index in [1.54, 1.807) is 0 Å². The second-order valence-corrected chi connectivity index (χ2v) is 7.09. The molecule has 19 heavy (non-hydrogen) atoms. The molecule has 0 radical (unpaired) electrons. The van der Waals surface area contributed by atoms with Crippen molar-refractivity contribution < 1.29 is 0 Å². The molecule has 0 aromatic rings. The predicted octanol–water partition coefficient (Wildman–Crippen LogP) is 2.06. The van der Waals surface area contributed by atoms with Gasteiger partial charge >= 0.3 is 0 Å². The Kier molecular flexibility index (Phi) is 4.16. The first-order valence-electron chi connectivity index (χ1n) is 8.45. The van der Waals surface area contributed by atoms with E-state index < -0.39 is 0 Å². The molecule has 3 aliphatic rings. The molecular formula is C16H31N3. The van der Waals surface area contributed by atoms with Crippen LogP contribution in [-0.2, 0) is 0 Å². The van der Waals surface area contributed by atoms with Gasteiger partial charge in [-0.1, -0.05) is 19.8 Å². The zero-order valence-corrected chi connectivity index (χ0v) is 12.6. The van der Waals surface area contributed by atoms with E-state index in [0.29, 0.717) is 5.54 Å². The first-order chi connectivity index (χ1) is 9.26. The molecule has 0 aromatic carbocycles. The summed E-state index contributed by atoms with van der Waals surface area (Å²) in [4.78, 5) is 5.55. The number of hydrogen-bond acceptors (Lipinski definition) is 3. The van der Waals surface area contributed by atoms with Gasteiger partial charge in [-0.05, 0) is 51.1 Å². The number of hydrogen-bond donors (Lipinski definition) is 1. The van der Waals surface area contributed by atoms with E-state index >= 15 is 0 Å². The van der Waals surface area contributed by atoms with Gasteiger partial charge < -0.3 is 5.73 Å². The lowest BCUT2D eigenvalue weighted by Crippen LogP contribution is -2.60. The molecule has 3 unspecified atom stereocenters. The lowest BCUT2D eigenvalue weighted by Gasteiger charge is -2.50. The van der Waals surface area contributed by atoms with Crippen molar-refractivity contribution in [2.75, 3.05) is 32.7 Å². The summed E-state index contributed by atoms with van der Waals surface area (Å²) in [6, 6.07) is 0.819. The summed E-state index contributed by atoms with van der Waals surface area (Å²) in [7, 11) is 0. The molecule has 110 valence electrons. The highest BCUT2D eigenvalue weighted by Crippen LogP contribution is 2.39. The van der Waals surface area contributed by atoms with Crippen molar-refractivity contribution in [1.82, 2.24) is 9.80 Å². The molecule has 2 saturated heterocycles. The van der Waals surface area contributed by atoms with Gasteiger partial charge in [-0.3, -0.25) is 9.80 Å². The van der Waals surface area contributed by atoms with E-state index in [2.05, 4.69) is 16.7 Å². The van der Waals surface area contributed by atoms with Crippen molar-refractivity contribution in [3.8, 4) is 0 Å². The molecule has 2 N–H and O–H groups in total. The Morgan fingerprint density at radius 2 is 1.89 bits per heavy atom. The molecule has 1 saturated carbocycles. The Balaban J connectivity index is 1.78. The van der Waals surface area contributed by atoms with Gasteiger partial charge in [0.2, 0.25) is 0 Å². The van der Waals surface area contributed by atoms with Crippen LogP contribution in [0.3, 0.4) is 0 Å². The SMILES string of the molecule is CC1CCCCC1(CN)N1CCCN2CCCC2C1. The second kappa shape index (κ2) is 5.71. The number of rotatable bonds is 2. The second-order valence-electron chi connectivity index (χ2n) is 7.09. The fourth-order valence-corrected chi connectivity index (χ4v) is 4.91. The minimum Gasteiger partial charge on any atom is -0.329 e. The van der Waals surface area contributed by atoms with E-state index in [1.807, 2.05) is 0 Å². The van der Waals surface area contributed by atoms with Gasteiger partial charge in [0.1, 0.15) is 0 Å². The fraction of sp³-hybridized carbons (Fsp3) is 1.00. The zero-order valence-electron chi connectivity index (χ0n) is 12.6. The average Bonchev–Trinajstić information content (AvgIpc) is 2.77. The van der Waals surface area contributed by atoms with Gasteiger partial charge in [0.05, 0.1) is 0 Å². The third-order valence-corrected chi connectivity index (χ3v) is 6.20. The van der Waals surface area contributed by atoms with E-state index in [4.69, 9.17) is 5.73 Å². The van der Waals surface area contributed by atoms with Crippen LogP contribution in [0, 0.1) is 5.92 Å². The molecule has 0 bridgehead atoms. The highest BCUT2D eigenvalue weighted by molar-refractivity contribution is 5.01. The Hall–Kier alpha value is -0.120. The molecule has 3 atom stereocenters. The Morgan fingerprint density at radius 1 is 1.05 bits per heavy atom. The maximum absolute atomic E-state index is 6.29. The highest BCUT2D eigenvalue weighted by Gasteiger charge is 2.44. The lowest BCUT2D eigenvalue weighted by atomic mass is 9.72. The van der Waals surface area contributed by atoms with Crippen molar-refractivity contribution in [3.63, 3.8) is 0 Å². The van der Waals surface area contributed by atoms with Crippen LogP contribution in [0.5, 0.6) is 0 Å². The van der Waals surface area contributed by atoms with Crippen molar-refractivity contribution >= 4 is 0 Å². The average molecular weight is 265 g/mol. The Labute approximate surface area is 118 Å². The van der Waals surface area contributed by atoms with Crippen molar-refractivity contribution in [2.24, 2.45) is 11.7 Å². The van der Waals surface area contributed by atoms with Gasteiger partial charge in [0, 0.05) is 31.2 Å². The number of fused-ring (bicyclic) bond motifs is 1. The third-order valence-electron chi connectivity index (χ3n) is 6.20. The van der Waals surface area contributed by atoms with Crippen molar-refractivity contribution in [2.45, 2.75) is 63.5 Å². The van der Waals surface area contributed by atoms with Crippen LogP contribution in [0.2, 0.25) is 0 Å². The van der Waals surface area contributed by atoms with Crippen LogP contribution in [0.25, 0.3) is 0 Å². The van der Waals surface area contributed by atoms with Gasteiger partial charge in [0.15, 0.2) is 0 Å². The molecule has 2 heterocycles. The normalized spacial score (nSPS) is 42.0. The van der Waals surface area contributed by atoms with Crippen LogP contribution < -0.4 is 5.73 Å². The molecule has 3 heteroatoms. The highest BCUT2D eigenvalue weighted by atomic mass is 15.3. The summed E-state index contributed by atoms with van der Waals surface area (Å²) < 4.78 is 0. The monoisotopic (exact) mass is 265 g/mol. The maximum Gasteiger partial charge on any atom is 0.0357 e. The Morgan fingerprint density at radius 3 is 2.68 bits per heavy atom. The predicted molar refractivity (Wildman–Crippen MR) is 80.2 cm³/mol.